The standard InChI is InChI=1S/C14H24N4O2/c1-10-4-6-11(7-5-10)8-9-15-12-13(19)17(2)14(20)18(3)16-12/h10-11H,4-9H2,1-3H3,(H,15,16). The van der Waals surface area contributed by atoms with E-state index in [0.29, 0.717) is 0 Å². The summed E-state index contributed by atoms with van der Waals surface area (Å²) in [6, 6.07) is 0. The second-order valence-electron chi connectivity index (χ2n) is 5.96. The normalized spacial score (nSPS) is 22.8. The van der Waals surface area contributed by atoms with Crippen LogP contribution < -0.4 is 16.6 Å². The summed E-state index contributed by atoms with van der Waals surface area (Å²) in [6.45, 7) is 3.05. The van der Waals surface area contributed by atoms with E-state index in [0.717, 1.165) is 29.4 Å². The lowest BCUT2D eigenvalue weighted by molar-refractivity contribution is 0.281. The molecule has 6 heteroatoms. The Morgan fingerprint density at radius 1 is 1.20 bits per heavy atom. The summed E-state index contributed by atoms with van der Waals surface area (Å²) in [5.74, 6) is 1.87. The fourth-order valence-electron chi connectivity index (χ4n) is 2.82. The van der Waals surface area contributed by atoms with E-state index in [1.165, 1.54) is 37.4 Å². The maximum atomic E-state index is 11.9. The van der Waals surface area contributed by atoms with Crippen LogP contribution >= 0.6 is 0 Å². The van der Waals surface area contributed by atoms with Gasteiger partial charge in [-0.3, -0.25) is 9.36 Å². The first kappa shape index (κ1) is 14.8. The minimum absolute atomic E-state index is 0.263. The third kappa shape index (κ3) is 3.29. The molecule has 0 aromatic carbocycles. The van der Waals surface area contributed by atoms with E-state index >= 15 is 0 Å². The quantitative estimate of drug-likeness (QED) is 0.897. The average molecular weight is 280 g/mol. The molecule has 0 bridgehead atoms. The minimum Gasteiger partial charge on any atom is -0.364 e. The molecule has 0 amide bonds. The summed E-state index contributed by atoms with van der Waals surface area (Å²) in [4.78, 5) is 23.4. The van der Waals surface area contributed by atoms with E-state index in [2.05, 4.69) is 17.3 Å². The fraction of sp³-hybridized carbons (Fsp3) is 0.786. The summed E-state index contributed by atoms with van der Waals surface area (Å²) in [5, 5.41) is 7.06. The van der Waals surface area contributed by atoms with Gasteiger partial charge in [0.1, 0.15) is 0 Å². The first-order valence-electron chi connectivity index (χ1n) is 7.37. The van der Waals surface area contributed by atoms with E-state index in [1.54, 1.807) is 7.05 Å². The topological polar surface area (TPSA) is 68.9 Å². The van der Waals surface area contributed by atoms with Gasteiger partial charge >= 0.3 is 5.69 Å². The Balaban J connectivity index is 1.92. The number of hydrogen-bond donors (Lipinski definition) is 1. The number of nitrogens with one attached hydrogen (secondary N) is 1. The molecule has 0 atom stereocenters. The molecule has 1 heterocycles. The largest absolute Gasteiger partial charge is 0.364 e. The van der Waals surface area contributed by atoms with Crippen LogP contribution in [-0.4, -0.2) is 20.9 Å². The Hall–Kier alpha value is -1.59. The van der Waals surface area contributed by atoms with Crippen LogP contribution in [0, 0.1) is 11.8 Å². The molecule has 112 valence electrons. The van der Waals surface area contributed by atoms with Crippen molar-refractivity contribution in [2.24, 2.45) is 25.9 Å². The summed E-state index contributed by atoms with van der Waals surface area (Å²) >= 11 is 0. The van der Waals surface area contributed by atoms with Gasteiger partial charge in [0, 0.05) is 20.6 Å². The smallest absolute Gasteiger partial charge is 0.346 e. The van der Waals surface area contributed by atoms with Gasteiger partial charge in [0.25, 0.3) is 5.56 Å². The zero-order valence-corrected chi connectivity index (χ0v) is 12.6. The number of nitrogens with zero attached hydrogens (tertiary/aromatic N) is 3. The van der Waals surface area contributed by atoms with Crippen molar-refractivity contribution in [3.63, 3.8) is 0 Å². The molecule has 1 aliphatic carbocycles. The molecule has 1 N–H and O–H groups in total. The Kier molecular flexibility index (Phi) is 4.62. The molecule has 1 fully saturated rings. The zero-order valence-electron chi connectivity index (χ0n) is 12.6. The van der Waals surface area contributed by atoms with Crippen molar-refractivity contribution in [1.82, 2.24) is 14.3 Å². The predicted molar refractivity (Wildman–Crippen MR) is 78.9 cm³/mol. The highest BCUT2D eigenvalue weighted by atomic mass is 16.2. The van der Waals surface area contributed by atoms with Crippen LogP contribution in [0.4, 0.5) is 5.82 Å². The Labute approximate surface area is 118 Å². The van der Waals surface area contributed by atoms with Crippen molar-refractivity contribution >= 4 is 5.82 Å². The first-order valence-corrected chi connectivity index (χ1v) is 7.37. The number of hydrogen-bond acceptors (Lipinski definition) is 4. The Morgan fingerprint density at radius 3 is 2.50 bits per heavy atom. The van der Waals surface area contributed by atoms with Gasteiger partial charge in [0.15, 0.2) is 0 Å². The van der Waals surface area contributed by atoms with Crippen LogP contribution in [0.3, 0.4) is 0 Å². The number of aromatic nitrogens is 3. The molecule has 0 unspecified atom stereocenters. The molecule has 0 saturated heterocycles. The molecule has 2 rings (SSSR count). The van der Waals surface area contributed by atoms with Crippen molar-refractivity contribution in [3.8, 4) is 0 Å². The van der Waals surface area contributed by atoms with Gasteiger partial charge in [-0.25, -0.2) is 9.48 Å². The lowest BCUT2D eigenvalue weighted by Crippen LogP contribution is -2.40. The van der Waals surface area contributed by atoms with Crippen molar-refractivity contribution in [1.29, 1.82) is 0 Å². The number of rotatable bonds is 4. The maximum Gasteiger partial charge on any atom is 0.346 e. The van der Waals surface area contributed by atoms with Crippen molar-refractivity contribution in [2.45, 2.75) is 39.0 Å². The maximum absolute atomic E-state index is 11.9. The molecule has 1 saturated carbocycles. The highest BCUT2D eigenvalue weighted by molar-refractivity contribution is 5.29. The van der Waals surface area contributed by atoms with Crippen LogP contribution in [0.25, 0.3) is 0 Å². The molecule has 20 heavy (non-hydrogen) atoms. The average Bonchev–Trinajstić information content (AvgIpc) is 2.44. The van der Waals surface area contributed by atoms with Gasteiger partial charge in [-0.2, -0.15) is 0 Å². The Bertz CT molecular complexity index is 568. The molecule has 0 aliphatic heterocycles. The molecule has 0 radical (unpaired) electrons. The second-order valence-corrected chi connectivity index (χ2v) is 5.96. The summed E-state index contributed by atoms with van der Waals surface area (Å²) in [6.07, 6.45) is 6.23. The predicted octanol–water partition coefficient (Wildman–Crippen LogP) is 1.11. The van der Waals surface area contributed by atoms with Gasteiger partial charge in [-0.1, -0.05) is 32.6 Å². The van der Waals surface area contributed by atoms with Gasteiger partial charge in [-0.15, -0.1) is 5.10 Å². The molecule has 0 spiro atoms. The number of anilines is 1. The lowest BCUT2D eigenvalue weighted by Gasteiger charge is -2.26. The van der Waals surface area contributed by atoms with Gasteiger partial charge < -0.3 is 5.32 Å². The SMILES string of the molecule is CC1CCC(CCNc2nn(C)c(=O)n(C)c2=O)CC1. The molecule has 1 aliphatic rings. The van der Waals surface area contributed by atoms with Gasteiger partial charge in [0.2, 0.25) is 5.82 Å². The summed E-state index contributed by atoms with van der Waals surface area (Å²) in [5.41, 5.74) is -0.757. The van der Waals surface area contributed by atoms with Crippen molar-refractivity contribution < 1.29 is 0 Å². The second kappa shape index (κ2) is 6.24. The molecular formula is C14H24N4O2. The third-order valence-corrected chi connectivity index (χ3v) is 4.30. The monoisotopic (exact) mass is 280 g/mol. The van der Waals surface area contributed by atoms with E-state index in [1.807, 2.05) is 0 Å². The minimum atomic E-state index is -0.401. The van der Waals surface area contributed by atoms with E-state index in [9.17, 15) is 9.59 Å². The third-order valence-electron chi connectivity index (χ3n) is 4.30. The van der Waals surface area contributed by atoms with Gasteiger partial charge in [0.05, 0.1) is 0 Å². The summed E-state index contributed by atoms with van der Waals surface area (Å²) < 4.78 is 2.27. The fourth-order valence-corrected chi connectivity index (χ4v) is 2.82. The van der Waals surface area contributed by atoms with Crippen molar-refractivity contribution in [2.75, 3.05) is 11.9 Å². The van der Waals surface area contributed by atoms with Crippen molar-refractivity contribution in [3.05, 3.63) is 20.8 Å². The van der Waals surface area contributed by atoms with E-state index in [4.69, 9.17) is 0 Å². The lowest BCUT2D eigenvalue weighted by atomic mass is 9.81. The van der Waals surface area contributed by atoms with Crippen LogP contribution in [0.1, 0.15) is 39.0 Å². The Morgan fingerprint density at radius 2 is 1.85 bits per heavy atom. The first-order chi connectivity index (χ1) is 9.49. The highest BCUT2D eigenvalue weighted by Crippen LogP contribution is 2.30. The van der Waals surface area contributed by atoms with Gasteiger partial charge in [-0.05, 0) is 18.3 Å². The molecule has 1 aromatic heterocycles. The molecular weight excluding hydrogens is 256 g/mol. The zero-order chi connectivity index (χ0) is 14.7. The highest BCUT2D eigenvalue weighted by Gasteiger charge is 2.18. The van der Waals surface area contributed by atoms with Crippen LogP contribution in [0.2, 0.25) is 0 Å². The van der Waals surface area contributed by atoms with Crippen LogP contribution in [0.15, 0.2) is 9.59 Å². The van der Waals surface area contributed by atoms with Crippen LogP contribution in [-0.2, 0) is 14.1 Å². The van der Waals surface area contributed by atoms with E-state index in [-0.39, 0.29) is 11.4 Å². The number of aryl methyl sites for hydroxylation is 1. The summed E-state index contributed by atoms with van der Waals surface area (Å²) in [7, 11) is 3.02. The molecule has 6 nitrogen and oxygen atoms in total. The molecule has 1 aromatic rings. The van der Waals surface area contributed by atoms with Crippen LogP contribution in [0.5, 0.6) is 0 Å². The van der Waals surface area contributed by atoms with E-state index < -0.39 is 5.69 Å².